The van der Waals surface area contributed by atoms with Crippen LogP contribution in [0.1, 0.15) is 25.8 Å². The number of rotatable bonds is 2. The third-order valence-electron chi connectivity index (χ3n) is 3.75. The summed E-state index contributed by atoms with van der Waals surface area (Å²) in [5.41, 5.74) is 8.77. The molecule has 0 radical (unpaired) electrons. The smallest absolute Gasteiger partial charge is 0.0630 e. The fraction of sp³-hybridized carbons (Fsp3) is 0.538. The van der Waals surface area contributed by atoms with Gasteiger partial charge in [-0.1, -0.05) is 19.9 Å². The molecule has 2 rings (SSSR count). The molecule has 88 valence electrons. The second-order valence-corrected chi connectivity index (χ2v) is 5.36. The number of nitrogens with two attached hydrogens (primary N) is 1. The minimum atomic E-state index is -0.212. The Morgan fingerprint density at radius 1 is 1.44 bits per heavy atom. The van der Waals surface area contributed by atoms with Crippen LogP contribution in [-0.4, -0.2) is 17.3 Å². The summed E-state index contributed by atoms with van der Waals surface area (Å²) in [4.78, 5) is 0. The number of anilines is 2. The maximum absolute atomic E-state index is 9.68. The number of benzene rings is 1. The Morgan fingerprint density at radius 3 is 2.69 bits per heavy atom. The summed E-state index contributed by atoms with van der Waals surface area (Å²) >= 11 is 0. The standard InChI is InChI=1S/C13H20N2O/c1-8-4-5-9(14)10(6-8)15-11-7-12(16)13(11,2)3/h4-6,11-12,15-16H,7,14H2,1-3H3. The number of hydrogen-bond donors (Lipinski definition) is 3. The molecular formula is C13H20N2O. The first kappa shape index (κ1) is 11.3. The Morgan fingerprint density at radius 2 is 2.12 bits per heavy atom. The number of aliphatic hydroxyl groups is 1. The summed E-state index contributed by atoms with van der Waals surface area (Å²) in [5, 5.41) is 13.1. The molecule has 16 heavy (non-hydrogen) atoms. The SMILES string of the molecule is Cc1ccc(N)c(NC2CC(O)C2(C)C)c1. The lowest BCUT2D eigenvalue weighted by molar-refractivity contribution is -0.0510. The first-order valence-electron chi connectivity index (χ1n) is 5.72. The van der Waals surface area contributed by atoms with Crippen molar-refractivity contribution in [1.82, 2.24) is 0 Å². The molecule has 2 atom stereocenters. The molecule has 3 heteroatoms. The highest BCUT2D eigenvalue weighted by Gasteiger charge is 2.47. The van der Waals surface area contributed by atoms with Gasteiger partial charge in [-0.3, -0.25) is 0 Å². The van der Waals surface area contributed by atoms with E-state index in [-0.39, 0.29) is 11.5 Å². The number of nitrogen functional groups attached to an aromatic ring is 1. The molecule has 4 N–H and O–H groups in total. The fourth-order valence-corrected chi connectivity index (χ4v) is 2.13. The van der Waals surface area contributed by atoms with E-state index < -0.39 is 0 Å². The van der Waals surface area contributed by atoms with Gasteiger partial charge >= 0.3 is 0 Å². The highest BCUT2D eigenvalue weighted by molar-refractivity contribution is 5.67. The number of hydrogen-bond acceptors (Lipinski definition) is 3. The molecule has 0 amide bonds. The number of aryl methyl sites for hydroxylation is 1. The van der Waals surface area contributed by atoms with Gasteiger partial charge in [0.25, 0.3) is 0 Å². The molecule has 1 aromatic rings. The van der Waals surface area contributed by atoms with Gasteiger partial charge in [0.2, 0.25) is 0 Å². The maximum Gasteiger partial charge on any atom is 0.0630 e. The molecule has 0 spiro atoms. The molecule has 1 saturated carbocycles. The molecule has 1 aromatic carbocycles. The van der Waals surface area contributed by atoms with E-state index in [4.69, 9.17) is 5.73 Å². The highest BCUT2D eigenvalue weighted by atomic mass is 16.3. The molecule has 3 nitrogen and oxygen atoms in total. The van der Waals surface area contributed by atoms with Gasteiger partial charge in [0.05, 0.1) is 17.5 Å². The average Bonchev–Trinajstić information content (AvgIpc) is 2.23. The Balaban J connectivity index is 2.13. The van der Waals surface area contributed by atoms with Crippen LogP contribution in [-0.2, 0) is 0 Å². The minimum absolute atomic E-state index is 0.0732. The summed E-state index contributed by atoms with van der Waals surface area (Å²) in [6.07, 6.45) is 0.580. The van der Waals surface area contributed by atoms with E-state index in [1.165, 1.54) is 5.56 Å². The average molecular weight is 220 g/mol. The molecule has 0 aliphatic heterocycles. The largest absolute Gasteiger partial charge is 0.397 e. The summed E-state index contributed by atoms with van der Waals surface area (Å²) in [5.74, 6) is 0. The van der Waals surface area contributed by atoms with Crippen LogP contribution in [0.25, 0.3) is 0 Å². The van der Waals surface area contributed by atoms with E-state index in [0.29, 0.717) is 6.04 Å². The van der Waals surface area contributed by atoms with Gasteiger partial charge in [-0.15, -0.1) is 0 Å². The maximum atomic E-state index is 9.68. The molecular weight excluding hydrogens is 200 g/mol. The van der Waals surface area contributed by atoms with Crippen molar-refractivity contribution < 1.29 is 5.11 Å². The zero-order valence-electron chi connectivity index (χ0n) is 10.1. The van der Waals surface area contributed by atoms with Crippen LogP contribution in [0.2, 0.25) is 0 Å². The Kier molecular flexibility index (Phi) is 2.58. The fourth-order valence-electron chi connectivity index (χ4n) is 2.13. The third kappa shape index (κ3) is 1.76. The second kappa shape index (κ2) is 3.67. The third-order valence-corrected chi connectivity index (χ3v) is 3.75. The lowest BCUT2D eigenvalue weighted by atomic mass is 9.64. The summed E-state index contributed by atoms with van der Waals surface area (Å²) in [7, 11) is 0. The molecule has 0 saturated heterocycles. The lowest BCUT2D eigenvalue weighted by Gasteiger charge is -2.50. The monoisotopic (exact) mass is 220 g/mol. The molecule has 0 aromatic heterocycles. The zero-order valence-corrected chi connectivity index (χ0v) is 10.1. The van der Waals surface area contributed by atoms with Crippen LogP contribution in [0.4, 0.5) is 11.4 Å². The zero-order chi connectivity index (χ0) is 11.9. The van der Waals surface area contributed by atoms with Crippen LogP contribution < -0.4 is 11.1 Å². The van der Waals surface area contributed by atoms with Crippen molar-refractivity contribution in [2.75, 3.05) is 11.1 Å². The van der Waals surface area contributed by atoms with E-state index in [1.54, 1.807) is 0 Å². The van der Waals surface area contributed by atoms with Gasteiger partial charge in [0, 0.05) is 11.5 Å². The van der Waals surface area contributed by atoms with Crippen molar-refractivity contribution >= 4 is 11.4 Å². The van der Waals surface area contributed by atoms with Crippen molar-refractivity contribution in [3.63, 3.8) is 0 Å². The lowest BCUT2D eigenvalue weighted by Crippen LogP contribution is -2.56. The molecule has 2 unspecified atom stereocenters. The van der Waals surface area contributed by atoms with Crippen molar-refractivity contribution in [2.45, 2.75) is 39.3 Å². The van der Waals surface area contributed by atoms with Gasteiger partial charge in [-0.05, 0) is 31.0 Å². The molecule has 1 aliphatic rings. The topological polar surface area (TPSA) is 58.3 Å². The number of aliphatic hydroxyl groups excluding tert-OH is 1. The molecule has 1 fully saturated rings. The van der Waals surface area contributed by atoms with Crippen molar-refractivity contribution in [3.05, 3.63) is 23.8 Å². The predicted molar refractivity (Wildman–Crippen MR) is 67.4 cm³/mol. The van der Waals surface area contributed by atoms with Gasteiger partial charge in [-0.2, -0.15) is 0 Å². The van der Waals surface area contributed by atoms with Crippen LogP contribution in [0.15, 0.2) is 18.2 Å². The first-order chi connectivity index (χ1) is 7.41. The van der Waals surface area contributed by atoms with Crippen LogP contribution >= 0.6 is 0 Å². The van der Waals surface area contributed by atoms with Gasteiger partial charge in [0.15, 0.2) is 0 Å². The quantitative estimate of drug-likeness (QED) is 0.669. The predicted octanol–water partition coefficient (Wildman–Crippen LogP) is 2.15. The first-order valence-corrected chi connectivity index (χ1v) is 5.72. The summed E-state index contributed by atoms with van der Waals surface area (Å²) in [6, 6.07) is 6.27. The molecule has 0 heterocycles. The Labute approximate surface area is 96.7 Å². The van der Waals surface area contributed by atoms with Crippen molar-refractivity contribution in [3.8, 4) is 0 Å². The van der Waals surface area contributed by atoms with E-state index >= 15 is 0 Å². The van der Waals surface area contributed by atoms with Crippen LogP contribution in [0.5, 0.6) is 0 Å². The summed E-state index contributed by atoms with van der Waals surface area (Å²) < 4.78 is 0. The highest BCUT2D eigenvalue weighted by Crippen LogP contribution is 2.42. The second-order valence-electron chi connectivity index (χ2n) is 5.36. The Hall–Kier alpha value is -1.22. The van der Waals surface area contributed by atoms with E-state index in [0.717, 1.165) is 17.8 Å². The van der Waals surface area contributed by atoms with Crippen molar-refractivity contribution in [1.29, 1.82) is 0 Å². The molecule has 0 bridgehead atoms. The molecule has 1 aliphatic carbocycles. The normalized spacial score (nSPS) is 27.2. The van der Waals surface area contributed by atoms with Crippen LogP contribution in [0, 0.1) is 12.3 Å². The minimum Gasteiger partial charge on any atom is -0.397 e. The van der Waals surface area contributed by atoms with Gasteiger partial charge < -0.3 is 16.2 Å². The van der Waals surface area contributed by atoms with Crippen molar-refractivity contribution in [2.24, 2.45) is 5.41 Å². The number of nitrogens with one attached hydrogen (secondary N) is 1. The van der Waals surface area contributed by atoms with Gasteiger partial charge in [-0.25, -0.2) is 0 Å². The van der Waals surface area contributed by atoms with Gasteiger partial charge in [0.1, 0.15) is 0 Å². The van der Waals surface area contributed by atoms with E-state index in [2.05, 4.69) is 25.2 Å². The van der Waals surface area contributed by atoms with Crippen LogP contribution in [0.3, 0.4) is 0 Å². The van der Waals surface area contributed by atoms with E-state index in [1.807, 2.05) is 19.1 Å². The Bertz CT molecular complexity index is 401. The van der Waals surface area contributed by atoms with E-state index in [9.17, 15) is 5.11 Å². The summed E-state index contributed by atoms with van der Waals surface area (Å²) in [6.45, 7) is 6.20.